The van der Waals surface area contributed by atoms with Gasteiger partial charge in [-0.1, -0.05) is 48.5 Å². The van der Waals surface area contributed by atoms with Crippen LogP contribution in [0.1, 0.15) is 17.3 Å². The topological polar surface area (TPSA) is 90.7 Å². The van der Waals surface area contributed by atoms with Crippen LogP contribution in [-0.2, 0) is 11.3 Å². The predicted molar refractivity (Wildman–Crippen MR) is 125 cm³/mol. The smallest absolute Gasteiger partial charge is 0.338 e. The van der Waals surface area contributed by atoms with Gasteiger partial charge in [0.05, 0.1) is 29.8 Å². The van der Waals surface area contributed by atoms with Gasteiger partial charge in [-0.2, -0.15) is 5.10 Å². The fraction of sp³-hybridized carbons (Fsp3) is 0.192. The van der Waals surface area contributed by atoms with Crippen molar-refractivity contribution in [3.05, 3.63) is 94.8 Å². The number of aromatic nitrogens is 2. The molecule has 0 aliphatic heterocycles. The maximum absolute atomic E-state index is 13.0. The number of ether oxygens (including phenoxy) is 2. The Labute approximate surface area is 190 Å². The summed E-state index contributed by atoms with van der Waals surface area (Å²) in [6.45, 7) is 1.98. The highest BCUT2D eigenvalue weighted by atomic mass is 16.5. The van der Waals surface area contributed by atoms with Crippen LogP contribution in [0.15, 0.2) is 83.7 Å². The number of rotatable bonds is 8. The van der Waals surface area contributed by atoms with Crippen LogP contribution >= 0.6 is 0 Å². The second-order valence-corrected chi connectivity index (χ2v) is 7.46. The van der Waals surface area contributed by atoms with Crippen molar-refractivity contribution in [3.63, 3.8) is 0 Å². The Morgan fingerprint density at radius 3 is 2.33 bits per heavy atom. The van der Waals surface area contributed by atoms with Crippen LogP contribution in [0.5, 0.6) is 5.75 Å². The van der Waals surface area contributed by atoms with Gasteiger partial charge in [-0.15, -0.1) is 0 Å². The van der Waals surface area contributed by atoms with Gasteiger partial charge in [0, 0.05) is 10.9 Å². The number of aliphatic hydroxyl groups is 1. The SMILES string of the molecule is CCOC(=O)c1ccc(OCC(O)Cn2nc(-c3ccccc3)c3ccccc3c2=O)cc1. The van der Waals surface area contributed by atoms with Gasteiger partial charge in [-0.25, -0.2) is 9.48 Å². The van der Waals surface area contributed by atoms with E-state index in [2.05, 4.69) is 5.10 Å². The Morgan fingerprint density at radius 2 is 1.64 bits per heavy atom. The highest BCUT2D eigenvalue weighted by Crippen LogP contribution is 2.24. The van der Waals surface area contributed by atoms with Crippen LogP contribution in [0.4, 0.5) is 0 Å². The molecule has 0 radical (unpaired) electrons. The molecule has 4 aromatic rings. The lowest BCUT2D eigenvalue weighted by atomic mass is 10.1. The Hall–Kier alpha value is -3.97. The van der Waals surface area contributed by atoms with Crippen LogP contribution < -0.4 is 10.3 Å². The van der Waals surface area contributed by atoms with Gasteiger partial charge >= 0.3 is 5.97 Å². The summed E-state index contributed by atoms with van der Waals surface area (Å²) >= 11 is 0. The van der Waals surface area contributed by atoms with E-state index in [4.69, 9.17) is 9.47 Å². The van der Waals surface area contributed by atoms with Crippen molar-refractivity contribution < 1.29 is 19.4 Å². The molecule has 4 rings (SSSR count). The van der Waals surface area contributed by atoms with Crippen LogP contribution in [0.2, 0.25) is 0 Å². The first-order chi connectivity index (χ1) is 16.1. The van der Waals surface area contributed by atoms with E-state index in [0.717, 1.165) is 10.9 Å². The van der Waals surface area contributed by atoms with Gasteiger partial charge in [0.25, 0.3) is 5.56 Å². The van der Waals surface area contributed by atoms with Crippen LogP contribution in [0.25, 0.3) is 22.0 Å². The maximum atomic E-state index is 13.0. The number of carbonyl (C=O) groups is 1. The number of aliphatic hydroxyl groups excluding tert-OH is 1. The Morgan fingerprint density at radius 1 is 0.970 bits per heavy atom. The molecule has 1 N–H and O–H groups in total. The first-order valence-electron chi connectivity index (χ1n) is 10.7. The summed E-state index contributed by atoms with van der Waals surface area (Å²) in [5.41, 5.74) is 1.71. The van der Waals surface area contributed by atoms with Crippen molar-refractivity contribution in [3.8, 4) is 17.0 Å². The van der Waals surface area contributed by atoms with Crippen LogP contribution in [0.3, 0.4) is 0 Å². The van der Waals surface area contributed by atoms with E-state index in [-0.39, 0.29) is 18.7 Å². The number of nitrogens with zero attached hydrogens (tertiary/aromatic N) is 2. The molecule has 0 amide bonds. The van der Waals surface area contributed by atoms with Gasteiger partial charge in [0.1, 0.15) is 18.5 Å². The zero-order chi connectivity index (χ0) is 23.2. The molecule has 33 heavy (non-hydrogen) atoms. The summed E-state index contributed by atoms with van der Waals surface area (Å²) in [4.78, 5) is 24.7. The normalized spacial score (nSPS) is 11.8. The number of fused-ring (bicyclic) bond motifs is 1. The summed E-state index contributed by atoms with van der Waals surface area (Å²) in [5.74, 6) is 0.0888. The molecule has 1 heterocycles. The largest absolute Gasteiger partial charge is 0.491 e. The lowest BCUT2D eigenvalue weighted by Gasteiger charge is -2.15. The molecule has 0 saturated carbocycles. The highest BCUT2D eigenvalue weighted by Gasteiger charge is 2.15. The molecular weight excluding hydrogens is 420 g/mol. The van der Waals surface area contributed by atoms with Crippen LogP contribution in [0, 0.1) is 0 Å². The quantitative estimate of drug-likeness (QED) is 0.417. The molecule has 0 bridgehead atoms. The minimum atomic E-state index is -0.968. The molecule has 1 aromatic heterocycles. The zero-order valence-electron chi connectivity index (χ0n) is 18.2. The molecule has 0 fully saturated rings. The average Bonchev–Trinajstić information content (AvgIpc) is 2.85. The molecule has 0 spiro atoms. The minimum absolute atomic E-state index is 0.0234. The fourth-order valence-corrected chi connectivity index (χ4v) is 3.51. The third-order valence-electron chi connectivity index (χ3n) is 5.11. The molecule has 0 saturated heterocycles. The van der Waals surface area contributed by atoms with E-state index in [1.807, 2.05) is 48.5 Å². The minimum Gasteiger partial charge on any atom is -0.491 e. The van der Waals surface area contributed by atoms with Gasteiger partial charge in [0.15, 0.2) is 0 Å². The lowest BCUT2D eigenvalue weighted by molar-refractivity contribution is 0.0526. The van der Waals surface area contributed by atoms with Crippen molar-refractivity contribution in [2.75, 3.05) is 13.2 Å². The van der Waals surface area contributed by atoms with E-state index >= 15 is 0 Å². The number of hydrogen-bond donors (Lipinski definition) is 1. The molecule has 7 heteroatoms. The van der Waals surface area contributed by atoms with Crippen molar-refractivity contribution in [1.82, 2.24) is 9.78 Å². The van der Waals surface area contributed by atoms with Gasteiger partial charge in [-0.3, -0.25) is 4.79 Å². The monoisotopic (exact) mass is 444 g/mol. The molecule has 0 aliphatic rings. The molecule has 1 unspecified atom stereocenters. The average molecular weight is 444 g/mol. The highest BCUT2D eigenvalue weighted by molar-refractivity contribution is 5.93. The first kappa shape index (κ1) is 22.2. The first-order valence-corrected chi connectivity index (χ1v) is 10.7. The van der Waals surface area contributed by atoms with Crippen molar-refractivity contribution in [2.45, 2.75) is 19.6 Å². The zero-order valence-corrected chi connectivity index (χ0v) is 18.2. The standard InChI is InChI=1S/C26H24N2O5/c1-2-32-26(31)19-12-14-21(15-13-19)33-17-20(29)16-28-25(30)23-11-7-6-10-22(23)24(27-28)18-8-4-3-5-9-18/h3-15,20,29H,2,16-17H2,1H3. The van der Waals surface area contributed by atoms with E-state index < -0.39 is 12.1 Å². The van der Waals surface area contributed by atoms with E-state index in [0.29, 0.717) is 29.0 Å². The molecule has 3 aromatic carbocycles. The second kappa shape index (κ2) is 10.1. The van der Waals surface area contributed by atoms with Crippen molar-refractivity contribution >= 4 is 16.7 Å². The van der Waals surface area contributed by atoms with Gasteiger partial charge in [-0.05, 0) is 37.3 Å². The number of carbonyl (C=O) groups excluding carboxylic acids is 1. The fourth-order valence-electron chi connectivity index (χ4n) is 3.51. The van der Waals surface area contributed by atoms with E-state index in [9.17, 15) is 14.7 Å². The number of hydrogen-bond acceptors (Lipinski definition) is 6. The number of benzene rings is 3. The maximum Gasteiger partial charge on any atom is 0.338 e. The van der Waals surface area contributed by atoms with Crippen molar-refractivity contribution in [1.29, 1.82) is 0 Å². The molecule has 168 valence electrons. The summed E-state index contributed by atoms with van der Waals surface area (Å²) in [7, 11) is 0. The van der Waals surface area contributed by atoms with Gasteiger partial charge < -0.3 is 14.6 Å². The van der Waals surface area contributed by atoms with Gasteiger partial charge in [0.2, 0.25) is 0 Å². The summed E-state index contributed by atoms with van der Waals surface area (Å²) in [5, 5.41) is 16.4. The second-order valence-electron chi connectivity index (χ2n) is 7.46. The van der Waals surface area contributed by atoms with E-state index in [1.165, 1.54) is 4.68 Å². The predicted octanol–water partition coefficient (Wildman–Crippen LogP) is 3.68. The van der Waals surface area contributed by atoms with Crippen molar-refractivity contribution in [2.24, 2.45) is 0 Å². The lowest BCUT2D eigenvalue weighted by Crippen LogP contribution is -2.32. The number of esters is 1. The summed E-state index contributed by atoms with van der Waals surface area (Å²) in [6.07, 6.45) is -0.968. The summed E-state index contributed by atoms with van der Waals surface area (Å²) in [6, 6.07) is 23.4. The Kier molecular flexibility index (Phi) is 6.80. The summed E-state index contributed by atoms with van der Waals surface area (Å²) < 4.78 is 11.9. The molecular formula is C26H24N2O5. The molecule has 0 aliphatic carbocycles. The molecule has 7 nitrogen and oxygen atoms in total. The molecule has 1 atom stereocenters. The Bertz CT molecular complexity index is 1300. The third-order valence-corrected chi connectivity index (χ3v) is 5.11. The van der Waals surface area contributed by atoms with E-state index in [1.54, 1.807) is 37.3 Å². The third kappa shape index (κ3) is 5.10. The Balaban J connectivity index is 1.51. The van der Waals surface area contributed by atoms with Crippen LogP contribution in [-0.4, -0.2) is 40.2 Å².